The Bertz CT molecular complexity index is 785. The van der Waals surface area contributed by atoms with Gasteiger partial charge in [0.1, 0.15) is 10.1 Å². The van der Waals surface area contributed by atoms with E-state index in [1.54, 1.807) is 6.07 Å². The summed E-state index contributed by atoms with van der Waals surface area (Å²) in [6.07, 6.45) is 8.26. The van der Waals surface area contributed by atoms with Gasteiger partial charge in [0.05, 0.1) is 4.90 Å². The normalized spacial score (nSPS) is 11.5. The molecule has 3 nitrogen and oxygen atoms in total. The largest absolute Gasteiger partial charge is 1.00 e. The van der Waals surface area contributed by atoms with E-state index in [-0.39, 0.29) is 56.3 Å². The fourth-order valence-corrected chi connectivity index (χ4v) is 3.86. The van der Waals surface area contributed by atoms with E-state index in [2.05, 4.69) is 19.9 Å². The molecule has 0 radical (unpaired) electrons. The predicted molar refractivity (Wildman–Crippen MR) is 98.4 cm³/mol. The van der Waals surface area contributed by atoms with Crippen LogP contribution in [0.5, 0.6) is 0 Å². The zero-order chi connectivity index (χ0) is 17.6. The number of unbranched alkanes of at least 4 members (excludes halogenated alkanes) is 4. The minimum Gasteiger partial charge on any atom is -0.744 e. The first kappa shape index (κ1) is 23.3. The maximum Gasteiger partial charge on any atom is 1.00 e. The molecule has 0 amide bonds. The Morgan fingerprint density at radius 3 is 2.08 bits per heavy atom. The summed E-state index contributed by atoms with van der Waals surface area (Å²) >= 11 is 0. The van der Waals surface area contributed by atoms with Crippen molar-refractivity contribution in [2.45, 2.75) is 70.1 Å². The Morgan fingerprint density at radius 2 is 1.48 bits per heavy atom. The molecule has 2 aromatic rings. The van der Waals surface area contributed by atoms with Gasteiger partial charge < -0.3 is 4.55 Å². The van der Waals surface area contributed by atoms with Crippen molar-refractivity contribution in [1.29, 1.82) is 0 Å². The Balaban J connectivity index is 0.00000312. The molecule has 0 aromatic heterocycles. The molecule has 0 heterocycles. The number of hydrogen-bond donors (Lipinski definition) is 0. The average Bonchev–Trinajstić information content (AvgIpc) is 2.53. The smallest absolute Gasteiger partial charge is 0.744 e. The van der Waals surface area contributed by atoms with E-state index in [1.807, 2.05) is 18.2 Å². The minimum absolute atomic E-state index is 0. The first-order valence-electron chi connectivity index (χ1n) is 8.97. The van der Waals surface area contributed by atoms with E-state index in [0.29, 0.717) is 12.0 Å². The van der Waals surface area contributed by atoms with Gasteiger partial charge in [0, 0.05) is 0 Å². The SMILES string of the molecule is CCCCCc1ccc2cc(S(=O)(=O)[O-])c(CCCCC)cc2c1.[K+]. The second-order valence-corrected chi connectivity index (χ2v) is 7.86. The Hall–Kier alpha value is 0.246. The van der Waals surface area contributed by atoms with Crippen molar-refractivity contribution in [2.24, 2.45) is 0 Å². The summed E-state index contributed by atoms with van der Waals surface area (Å²) in [6, 6.07) is 9.56. The zero-order valence-electron chi connectivity index (χ0n) is 15.7. The quantitative estimate of drug-likeness (QED) is 0.377. The van der Waals surface area contributed by atoms with Crippen LogP contribution < -0.4 is 51.4 Å². The first-order chi connectivity index (χ1) is 11.5. The molecule has 0 atom stereocenters. The third kappa shape index (κ3) is 7.05. The van der Waals surface area contributed by atoms with Crippen LogP contribution in [-0.2, 0) is 23.0 Å². The molecule has 2 rings (SSSR count). The molecule has 0 aliphatic carbocycles. The molecular weight excluding hydrogens is 359 g/mol. The van der Waals surface area contributed by atoms with Gasteiger partial charge in [-0.05, 0) is 59.7 Å². The van der Waals surface area contributed by atoms with E-state index in [1.165, 1.54) is 24.8 Å². The summed E-state index contributed by atoms with van der Waals surface area (Å²) in [4.78, 5) is -0.0511. The minimum atomic E-state index is -4.44. The summed E-state index contributed by atoms with van der Waals surface area (Å²) in [5.41, 5.74) is 1.94. The van der Waals surface area contributed by atoms with Crippen LogP contribution >= 0.6 is 0 Å². The third-order valence-electron chi connectivity index (χ3n) is 4.47. The second kappa shape index (κ2) is 11.2. The van der Waals surface area contributed by atoms with Gasteiger partial charge in [-0.1, -0.05) is 57.7 Å². The molecule has 0 saturated heterocycles. The fraction of sp³-hybridized carbons (Fsp3) is 0.500. The van der Waals surface area contributed by atoms with Crippen LogP contribution in [0.3, 0.4) is 0 Å². The van der Waals surface area contributed by atoms with Crippen molar-refractivity contribution >= 4 is 20.9 Å². The van der Waals surface area contributed by atoms with Crippen molar-refractivity contribution in [1.82, 2.24) is 0 Å². The average molecular weight is 387 g/mol. The maximum absolute atomic E-state index is 11.6. The number of hydrogen-bond acceptors (Lipinski definition) is 3. The predicted octanol–water partition coefficient (Wildman–Crippen LogP) is 2.21. The number of aryl methyl sites for hydroxylation is 2. The number of benzene rings is 2. The Labute approximate surface area is 194 Å². The van der Waals surface area contributed by atoms with Gasteiger partial charge in [-0.3, -0.25) is 0 Å². The molecule has 0 unspecified atom stereocenters. The zero-order valence-corrected chi connectivity index (χ0v) is 19.6. The van der Waals surface area contributed by atoms with Crippen LogP contribution in [-0.4, -0.2) is 13.0 Å². The van der Waals surface area contributed by atoms with Crippen LogP contribution in [0.4, 0.5) is 0 Å². The molecule has 25 heavy (non-hydrogen) atoms. The third-order valence-corrected chi connectivity index (χ3v) is 5.39. The van der Waals surface area contributed by atoms with Gasteiger partial charge in [0.15, 0.2) is 0 Å². The molecule has 132 valence electrons. The van der Waals surface area contributed by atoms with Gasteiger partial charge in [-0.15, -0.1) is 0 Å². The number of fused-ring (bicyclic) bond motifs is 1. The molecule has 0 saturated carbocycles. The molecule has 0 aliphatic rings. The van der Waals surface area contributed by atoms with Crippen molar-refractivity contribution in [2.75, 3.05) is 0 Å². The van der Waals surface area contributed by atoms with Crippen LogP contribution in [0, 0.1) is 0 Å². The van der Waals surface area contributed by atoms with E-state index < -0.39 is 10.1 Å². The molecular formula is C20H27KO3S. The van der Waals surface area contributed by atoms with Gasteiger partial charge in [-0.2, -0.15) is 0 Å². The van der Waals surface area contributed by atoms with Crippen molar-refractivity contribution < 1.29 is 64.4 Å². The van der Waals surface area contributed by atoms with Crippen molar-refractivity contribution in [3.05, 3.63) is 41.5 Å². The summed E-state index contributed by atoms with van der Waals surface area (Å²) < 4.78 is 34.8. The summed E-state index contributed by atoms with van der Waals surface area (Å²) in [7, 11) is -4.44. The van der Waals surface area contributed by atoms with E-state index in [4.69, 9.17) is 0 Å². The van der Waals surface area contributed by atoms with Gasteiger partial charge in [0.2, 0.25) is 0 Å². The molecule has 0 aliphatic heterocycles. The summed E-state index contributed by atoms with van der Waals surface area (Å²) in [5.74, 6) is 0. The van der Waals surface area contributed by atoms with Crippen LogP contribution in [0.25, 0.3) is 10.8 Å². The van der Waals surface area contributed by atoms with Crippen LogP contribution in [0.2, 0.25) is 0 Å². The Kier molecular flexibility index (Phi) is 10.4. The second-order valence-electron chi connectivity index (χ2n) is 6.51. The van der Waals surface area contributed by atoms with E-state index >= 15 is 0 Å². The molecule has 0 spiro atoms. The van der Waals surface area contributed by atoms with Gasteiger partial charge >= 0.3 is 51.4 Å². The molecule has 5 heteroatoms. The van der Waals surface area contributed by atoms with Crippen LogP contribution in [0.15, 0.2) is 35.2 Å². The monoisotopic (exact) mass is 386 g/mol. The molecule has 2 aromatic carbocycles. The fourth-order valence-electron chi connectivity index (χ4n) is 3.10. The van der Waals surface area contributed by atoms with E-state index in [0.717, 1.165) is 36.5 Å². The van der Waals surface area contributed by atoms with Crippen LogP contribution in [0.1, 0.15) is 63.5 Å². The van der Waals surface area contributed by atoms with E-state index in [9.17, 15) is 13.0 Å². The van der Waals surface area contributed by atoms with Crippen molar-refractivity contribution in [3.63, 3.8) is 0 Å². The van der Waals surface area contributed by atoms with Gasteiger partial charge in [0.25, 0.3) is 0 Å². The summed E-state index contributed by atoms with van der Waals surface area (Å²) in [5, 5.41) is 1.85. The summed E-state index contributed by atoms with van der Waals surface area (Å²) in [6.45, 7) is 4.29. The topological polar surface area (TPSA) is 57.2 Å². The van der Waals surface area contributed by atoms with Gasteiger partial charge in [-0.25, -0.2) is 8.42 Å². The molecule has 0 fully saturated rings. The Morgan fingerprint density at radius 1 is 0.840 bits per heavy atom. The molecule has 0 N–H and O–H groups in total. The standard InChI is InChI=1S/C20H28O3S.K/c1-3-5-7-9-16-11-12-17-15-20(24(21,22)23)18(10-8-6-4-2)14-19(17)13-16;/h11-15H,3-10H2,1-2H3,(H,21,22,23);/q;+1/p-1. The number of rotatable bonds is 9. The maximum atomic E-state index is 11.6. The first-order valence-corrected chi connectivity index (χ1v) is 10.4. The van der Waals surface area contributed by atoms with Crippen molar-refractivity contribution in [3.8, 4) is 0 Å². The molecule has 0 bridgehead atoms.